The van der Waals surface area contributed by atoms with Gasteiger partial charge in [0.1, 0.15) is 18.6 Å². The summed E-state index contributed by atoms with van der Waals surface area (Å²) in [5.74, 6) is 0.373. The van der Waals surface area contributed by atoms with Crippen LogP contribution in [0.1, 0.15) is 5.76 Å². The van der Waals surface area contributed by atoms with Crippen LogP contribution in [0, 0.1) is 0 Å². The van der Waals surface area contributed by atoms with E-state index in [0.717, 1.165) is 0 Å². The Kier molecular flexibility index (Phi) is 2.28. The normalized spacial score (nSPS) is 9.64. The third-order valence-electron chi connectivity index (χ3n) is 1.23. The summed E-state index contributed by atoms with van der Waals surface area (Å²) >= 11 is 0. The van der Waals surface area contributed by atoms with Gasteiger partial charge >= 0.3 is 0 Å². The highest BCUT2D eigenvalue weighted by atomic mass is 16.5. The second kappa shape index (κ2) is 3.21. The van der Waals surface area contributed by atoms with E-state index in [1.807, 2.05) is 0 Å². The van der Waals surface area contributed by atoms with Gasteiger partial charge in [-0.25, -0.2) is 0 Å². The van der Waals surface area contributed by atoms with Gasteiger partial charge in [-0.3, -0.25) is 4.79 Å². The number of rotatable bonds is 2. The molecule has 4 nitrogen and oxygen atoms in total. The van der Waals surface area contributed by atoms with Crippen LogP contribution in [-0.4, -0.2) is 12.2 Å². The number of hydrogen-bond donors (Lipinski definition) is 1. The molecule has 0 spiro atoms. The highest BCUT2D eigenvalue weighted by Gasteiger charge is 2.00. The van der Waals surface area contributed by atoms with Crippen LogP contribution in [0.25, 0.3) is 0 Å². The number of aliphatic hydroxyl groups excluding tert-OH is 1. The van der Waals surface area contributed by atoms with Crippen LogP contribution in [-0.2, 0) is 6.61 Å². The molecule has 0 amide bonds. The van der Waals surface area contributed by atoms with Gasteiger partial charge in [-0.15, -0.1) is 0 Å². The van der Waals surface area contributed by atoms with Crippen LogP contribution >= 0.6 is 0 Å². The SMILES string of the molecule is COc1coc(CO)cc1=O. The molecule has 60 valence electrons. The molecule has 0 aliphatic carbocycles. The Morgan fingerprint density at radius 3 is 2.91 bits per heavy atom. The van der Waals surface area contributed by atoms with Crippen molar-refractivity contribution in [3.05, 3.63) is 28.3 Å². The molecule has 0 saturated carbocycles. The molecule has 1 aromatic rings. The minimum absolute atomic E-state index is 0.141. The van der Waals surface area contributed by atoms with E-state index in [-0.39, 0.29) is 23.5 Å². The molecular formula is C7H8O4. The summed E-state index contributed by atoms with van der Waals surface area (Å²) in [5, 5.41) is 8.55. The van der Waals surface area contributed by atoms with Crippen LogP contribution in [0.4, 0.5) is 0 Å². The van der Waals surface area contributed by atoms with Crippen molar-refractivity contribution < 1.29 is 14.3 Å². The Bertz CT molecular complexity index is 289. The topological polar surface area (TPSA) is 59.7 Å². The average molecular weight is 156 g/mol. The number of methoxy groups -OCH3 is 1. The Morgan fingerprint density at radius 1 is 1.73 bits per heavy atom. The van der Waals surface area contributed by atoms with Gasteiger partial charge in [0, 0.05) is 6.07 Å². The molecule has 1 aromatic heterocycles. The van der Waals surface area contributed by atoms with E-state index in [2.05, 4.69) is 4.74 Å². The maximum absolute atomic E-state index is 10.9. The molecule has 0 aliphatic rings. The van der Waals surface area contributed by atoms with Crippen LogP contribution in [0.2, 0.25) is 0 Å². The molecule has 0 bridgehead atoms. The lowest BCUT2D eigenvalue weighted by molar-refractivity contribution is 0.240. The van der Waals surface area contributed by atoms with Crippen LogP contribution < -0.4 is 10.2 Å². The van der Waals surface area contributed by atoms with Crippen molar-refractivity contribution in [1.82, 2.24) is 0 Å². The molecule has 0 aliphatic heterocycles. The van der Waals surface area contributed by atoms with Crippen molar-refractivity contribution >= 4 is 0 Å². The van der Waals surface area contributed by atoms with Gasteiger partial charge in [0.2, 0.25) is 11.2 Å². The Morgan fingerprint density at radius 2 is 2.45 bits per heavy atom. The molecule has 1 heterocycles. The fraction of sp³-hybridized carbons (Fsp3) is 0.286. The molecule has 0 saturated heterocycles. The predicted octanol–water partition coefficient (Wildman–Crippen LogP) is 0.141. The quantitative estimate of drug-likeness (QED) is 0.661. The summed E-state index contributed by atoms with van der Waals surface area (Å²) in [6.07, 6.45) is 1.17. The van der Waals surface area contributed by atoms with Crippen LogP contribution in [0.5, 0.6) is 5.75 Å². The Labute approximate surface area is 63.0 Å². The average Bonchev–Trinajstić information content (AvgIpc) is 2.04. The molecule has 0 aromatic carbocycles. The van der Waals surface area contributed by atoms with Gasteiger partial charge in [-0.05, 0) is 0 Å². The fourth-order valence-corrected chi connectivity index (χ4v) is 0.670. The van der Waals surface area contributed by atoms with Crippen molar-refractivity contribution in [3.63, 3.8) is 0 Å². The second-order valence-corrected chi connectivity index (χ2v) is 1.94. The maximum Gasteiger partial charge on any atom is 0.227 e. The monoisotopic (exact) mass is 156 g/mol. The summed E-state index contributed by atoms with van der Waals surface area (Å²) in [4.78, 5) is 10.9. The molecule has 11 heavy (non-hydrogen) atoms. The van der Waals surface area contributed by atoms with E-state index in [9.17, 15) is 4.79 Å². The van der Waals surface area contributed by atoms with Gasteiger partial charge in [0.15, 0.2) is 0 Å². The Balaban J connectivity index is 3.10. The summed E-state index contributed by atoms with van der Waals surface area (Å²) in [6, 6.07) is 1.19. The van der Waals surface area contributed by atoms with Crippen molar-refractivity contribution in [2.24, 2.45) is 0 Å². The number of aliphatic hydroxyl groups is 1. The highest BCUT2D eigenvalue weighted by molar-refractivity contribution is 5.16. The summed E-state index contributed by atoms with van der Waals surface area (Å²) in [5.41, 5.74) is -0.289. The van der Waals surface area contributed by atoms with Crippen molar-refractivity contribution in [3.8, 4) is 5.75 Å². The first-order valence-electron chi connectivity index (χ1n) is 3.04. The zero-order valence-electron chi connectivity index (χ0n) is 6.03. The molecule has 0 unspecified atom stereocenters. The minimum Gasteiger partial charge on any atom is -0.490 e. The van der Waals surface area contributed by atoms with E-state index < -0.39 is 0 Å². The standard InChI is InChI=1S/C7H8O4/c1-10-7-4-11-5(3-8)2-6(7)9/h2,4,8H,3H2,1H3. The third kappa shape index (κ3) is 1.59. The summed E-state index contributed by atoms with van der Waals surface area (Å²) in [6.45, 7) is -0.279. The van der Waals surface area contributed by atoms with Crippen molar-refractivity contribution in [2.45, 2.75) is 6.61 Å². The predicted molar refractivity (Wildman–Crippen MR) is 37.5 cm³/mol. The van der Waals surface area contributed by atoms with Crippen LogP contribution in [0.15, 0.2) is 21.5 Å². The fourth-order valence-electron chi connectivity index (χ4n) is 0.670. The lowest BCUT2D eigenvalue weighted by atomic mass is 10.4. The summed E-state index contributed by atoms with van der Waals surface area (Å²) in [7, 11) is 1.38. The third-order valence-corrected chi connectivity index (χ3v) is 1.23. The minimum atomic E-state index is -0.289. The van der Waals surface area contributed by atoms with E-state index in [0.29, 0.717) is 0 Å². The van der Waals surface area contributed by atoms with E-state index >= 15 is 0 Å². The van der Waals surface area contributed by atoms with Gasteiger partial charge in [0.05, 0.1) is 7.11 Å². The van der Waals surface area contributed by atoms with Gasteiger partial charge < -0.3 is 14.3 Å². The van der Waals surface area contributed by atoms with Gasteiger partial charge in [0.25, 0.3) is 0 Å². The zero-order valence-corrected chi connectivity index (χ0v) is 6.03. The molecule has 0 fully saturated rings. The molecule has 1 N–H and O–H groups in total. The van der Waals surface area contributed by atoms with Crippen molar-refractivity contribution in [1.29, 1.82) is 0 Å². The molecule has 4 heteroatoms. The highest BCUT2D eigenvalue weighted by Crippen LogP contribution is 2.03. The first kappa shape index (κ1) is 7.81. The zero-order chi connectivity index (χ0) is 8.27. The molecule has 1 rings (SSSR count). The Hall–Kier alpha value is -1.29. The molecular weight excluding hydrogens is 148 g/mol. The molecule has 0 radical (unpaired) electrons. The molecule has 0 atom stereocenters. The summed E-state index contributed by atoms with van der Waals surface area (Å²) < 4.78 is 9.46. The van der Waals surface area contributed by atoms with E-state index in [1.54, 1.807) is 0 Å². The van der Waals surface area contributed by atoms with Gasteiger partial charge in [-0.1, -0.05) is 0 Å². The largest absolute Gasteiger partial charge is 0.490 e. The lowest BCUT2D eigenvalue weighted by Crippen LogP contribution is -2.04. The first-order chi connectivity index (χ1) is 5.27. The number of hydrogen-bond acceptors (Lipinski definition) is 4. The first-order valence-corrected chi connectivity index (χ1v) is 3.04. The van der Waals surface area contributed by atoms with Crippen molar-refractivity contribution in [2.75, 3.05) is 7.11 Å². The second-order valence-electron chi connectivity index (χ2n) is 1.94. The maximum atomic E-state index is 10.9. The van der Waals surface area contributed by atoms with Crippen LogP contribution in [0.3, 0.4) is 0 Å². The van der Waals surface area contributed by atoms with E-state index in [4.69, 9.17) is 9.52 Å². The van der Waals surface area contributed by atoms with E-state index in [1.165, 1.54) is 19.4 Å². The smallest absolute Gasteiger partial charge is 0.227 e. The lowest BCUT2D eigenvalue weighted by Gasteiger charge is -1.97. The number of ether oxygens (including phenoxy) is 1. The van der Waals surface area contributed by atoms with Gasteiger partial charge in [-0.2, -0.15) is 0 Å².